The van der Waals surface area contributed by atoms with Gasteiger partial charge in [-0.05, 0) is 51.8 Å². The van der Waals surface area contributed by atoms with Gasteiger partial charge >= 0.3 is 5.97 Å². The average Bonchev–Trinajstić information content (AvgIpc) is 2.72. The highest BCUT2D eigenvalue weighted by Crippen LogP contribution is 2.19. The van der Waals surface area contributed by atoms with Gasteiger partial charge in [0.05, 0.1) is 0 Å². The molecule has 5 heteroatoms. The lowest BCUT2D eigenvalue weighted by Gasteiger charge is -2.09. The summed E-state index contributed by atoms with van der Waals surface area (Å²) < 4.78 is 7.12. The number of aryl methyl sites for hydroxylation is 1. The predicted octanol–water partition coefficient (Wildman–Crippen LogP) is 2.94. The van der Waals surface area contributed by atoms with Crippen LogP contribution in [-0.2, 0) is 20.9 Å². The smallest absolute Gasteiger partial charge is 0.349 e. The van der Waals surface area contributed by atoms with Gasteiger partial charge in [-0.1, -0.05) is 6.92 Å². The molecule has 22 heavy (non-hydrogen) atoms. The maximum Gasteiger partial charge on any atom is 0.349 e. The second-order valence-electron chi connectivity index (χ2n) is 5.31. The fourth-order valence-corrected chi connectivity index (χ4v) is 2.14. The summed E-state index contributed by atoms with van der Waals surface area (Å²) >= 11 is 0. The molecule has 0 aromatic carbocycles. The highest BCUT2D eigenvalue weighted by atomic mass is 16.5. The molecule has 5 nitrogen and oxygen atoms in total. The molecule has 0 saturated carbocycles. The minimum absolute atomic E-state index is 0.107. The van der Waals surface area contributed by atoms with Crippen LogP contribution in [0.1, 0.15) is 44.1 Å². The van der Waals surface area contributed by atoms with Gasteiger partial charge in [0, 0.05) is 17.9 Å². The quantitative estimate of drug-likeness (QED) is 0.460. The number of rotatable bonds is 6. The summed E-state index contributed by atoms with van der Waals surface area (Å²) in [5.74, 6) is -1.03. The van der Waals surface area contributed by atoms with Crippen molar-refractivity contribution in [2.75, 3.05) is 0 Å². The van der Waals surface area contributed by atoms with Gasteiger partial charge < -0.3 is 9.30 Å². The van der Waals surface area contributed by atoms with Gasteiger partial charge in [-0.2, -0.15) is 5.26 Å². The van der Waals surface area contributed by atoms with Gasteiger partial charge in [0.15, 0.2) is 11.9 Å². The molecular formula is C17H22N2O3. The second kappa shape index (κ2) is 7.60. The number of carbonyl (C=O) groups excluding carboxylic acids is 2. The third-order valence-corrected chi connectivity index (χ3v) is 3.56. The zero-order chi connectivity index (χ0) is 16.9. The highest BCUT2D eigenvalue weighted by molar-refractivity contribution is 5.99. The number of nitrogens with zero attached hydrogens (tertiary/aromatic N) is 2. The van der Waals surface area contributed by atoms with Gasteiger partial charge in [-0.15, -0.1) is 0 Å². The molecule has 0 amide bonds. The second-order valence-corrected chi connectivity index (χ2v) is 5.31. The number of Topliss-reactive ketones (excluding diaryl/α,β-unsaturated/α-hetero) is 1. The molecule has 1 unspecified atom stereocenters. The van der Waals surface area contributed by atoms with E-state index in [0.717, 1.165) is 29.9 Å². The van der Waals surface area contributed by atoms with E-state index in [4.69, 9.17) is 10.00 Å². The predicted molar refractivity (Wildman–Crippen MR) is 84.0 cm³/mol. The molecule has 0 aliphatic carbocycles. The summed E-state index contributed by atoms with van der Waals surface area (Å²) in [6.07, 6.45) is 1.67. The minimum atomic E-state index is -0.850. The third-order valence-electron chi connectivity index (χ3n) is 3.56. The highest BCUT2D eigenvalue weighted by Gasteiger charge is 2.18. The molecule has 118 valence electrons. The molecule has 0 N–H and O–H groups in total. The number of carbonyl (C=O) groups is 2. The van der Waals surface area contributed by atoms with E-state index in [1.807, 2.05) is 26.0 Å². The largest absolute Gasteiger partial charge is 0.451 e. The first-order valence-corrected chi connectivity index (χ1v) is 7.31. The lowest BCUT2D eigenvalue weighted by Crippen LogP contribution is -2.22. The number of aromatic nitrogens is 1. The van der Waals surface area contributed by atoms with Crippen molar-refractivity contribution in [2.45, 2.75) is 53.7 Å². The van der Waals surface area contributed by atoms with Crippen LogP contribution < -0.4 is 0 Å². The van der Waals surface area contributed by atoms with Crippen molar-refractivity contribution in [1.29, 1.82) is 5.26 Å². The third kappa shape index (κ3) is 4.08. The van der Waals surface area contributed by atoms with Crippen molar-refractivity contribution < 1.29 is 14.3 Å². The molecule has 0 fully saturated rings. The van der Waals surface area contributed by atoms with Crippen LogP contribution >= 0.6 is 0 Å². The number of nitriles is 1. The average molecular weight is 302 g/mol. The van der Waals surface area contributed by atoms with Crippen LogP contribution in [0, 0.1) is 25.2 Å². The number of hydrogen-bond donors (Lipinski definition) is 0. The number of hydrogen-bond acceptors (Lipinski definition) is 4. The molecular weight excluding hydrogens is 280 g/mol. The van der Waals surface area contributed by atoms with E-state index in [-0.39, 0.29) is 11.4 Å². The van der Waals surface area contributed by atoms with Gasteiger partial charge in [0.25, 0.3) is 0 Å². The van der Waals surface area contributed by atoms with E-state index in [0.29, 0.717) is 0 Å². The van der Waals surface area contributed by atoms with E-state index in [1.54, 1.807) is 0 Å². The summed E-state index contributed by atoms with van der Waals surface area (Å²) in [5.41, 5.74) is 2.78. The number of esters is 1. The van der Waals surface area contributed by atoms with Crippen molar-refractivity contribution in [3.05, 3.63) is 28.6 Å². The lowest BCUT2D eigenvalue weighted by molar-refractivity contribution is -0.149. The zero-order valence-electron chi connectivity index (χ0n) is 13.8. The Morgan fingerprint density at radius 1 is 1.45 bits per heavy atom. The summed E-state index contributed by atoms with van der Waals surface area (Å²) in [4.78, 5) is 23.1. The molecule has 0 aliphatic rings. The van der Waals surface area contributed by atoms with Gasteiger partial charge in [0.2, 0.25) is 0 Å². The Morgan fingerprint density at radius 2 is 2.09 bits per heavy atom. The monoisotopic (exact) mass is 302 g/mol. The van der Waals surface area contributed by atoms with E-state index in [9.17, 15) is 9.59 Å². The standard InChI is InChI=1S/C17H22N2O3/c1-6-7-19-11(2)8-15(12(19)3)9-16(10-18)17(21)22-14(5)13(4)20/h8-9,14H,6-7H2,1-5H3/b16-9-. The van der Waals surface area contributed by atoms with Crippen molar-refractivity contribution in [1.82, 2.24) is 4.57 Å². The molecule has 1 aromatic heterocycles. The Balaban J connectivity index is 3.08. The number of ether oxygens (including phenoxy) is 1. The Labute approximate surface area is 131 Å². The first-order valence-electron chi connectivity index (χ1n) is 7.31. The van der Waals surface area contributed by atoms with E-state index >= 15 is 0 Å². The normalized spacial score (nSPS) is 12.6. The van der Waals surface area contributed by atoms with Crippen molar-refractivity contribution in [2.24, 2.45) is 0 Å². The maximum atomic E-state index is 12.0. The topological polar surface area (TPSA) is 72.1 Å². The lowest BCUT2D eigenvalue weighted by atomic mass is 10.1. The van der Waals surface area contributed by atoms with Crippen LogP contribution in [-0.4, -0.2) is 22.4 Å². The molecule has 1 atom stereocenters. The molecule has 0 aliphatic heterocycles. The van der Waals surface area contributed by atoms with E-state index in [1.165, 1.54) is 19.9 Å². The van der Waals surface area contributed by atoms with Gasteiger partial charge in [-0.25, -0.2) is 4.79 Å². The summed E-state index contributed by atoms with van der Waals surface area (Å²) in [7, 11) is 0. The Morgan fingerprint density at radius 3 is 2.59 bits per heavy atom. The fourth-order valence-electron chi connectivity index (χ4n) is 2.14. The summed E-state index contributed by atoms with van der Waals surface area (Å²) in [6.45, 7) is 9.75. The van der Waals surface area contributed by atoms with E-state index in [2.05, 4.69) is 11.5 Å². The van der Waals surface area contributed by atoms with Crippen LogP contribution in [0.25, 0.3) is 6.08 Å². The van der Waals surface area contributed by atoms with Gasteiger partial charge in [-0.3, -0.25) is 4.79 Å². The van der Waals surface area contributed by atoms with Crippen LogP contribution in [0.3, 0.4) is 0 Å². The Hall–Kier alpha value is -2.35. The maximum absolute atomic E-state index is 12.0. The minimum Gasteiger partial charge on any atom is -0.451 e. The van der Waals surface area contributed by atoms with Crippen LogP contribution in [0.2, 0.25) is 0 Å². The molecule has 1 heterocycles. The molecule has 1 rings (SSSR count). The van der Waals surface area contributed by atoms with Crippen molar-refractivity contribution in [3.63, 3.8) is 0 Å². The SMILES string of the molecule is CCCn1c(C)cc(/C=C(/C#N)C(=O)OC(C)C(C)=O)c1C. The van der Waals surface area contributed by atoms with Crippen LogP contribution in [0.15, 0.2) is 11.6 Å². The fraction of sp³-hybridized carbons (Fsp3) is 0.471. The Kier molecular flexibility index (Phi) is 6.11. The van der Waals surface area contributed by atoms with Crippen molar-refractivity contribution in [3.8, 4) is 6.07 Å². The van der Waals surface area contributed by atoms with E-state index < -0.39 is 12.1 Å². The van der Waals surface area contributed by atoms with Crippen molar-refractivity contribution >= 4 is 17.8 Å². The summed E-state index contributed by atoms with van der Waals surface area (Å²) in [6, 6.07) is 3.78. The summed E-state index contributed by atoms with van der Waals surface area (Å²) in [5, 5.41) is 9.17. The Bertz CT molecular complexity index is 648. The van der Waals surface area contributed by atoms with Crippen LogP contribution in [0.4, 0.5) is 0 Å². The first-order chi connectivity index (χ1) is 10.3. The zero-order valence-corrected chi connectivity index (χ0v) is 13.8. The van der Waals surface area contributed by atoms with Crippen LogP contribution in [0.5, 0.6) is 0 Å². The molecule has 0 bridgehead atoms. The first kappa shape index (κ1) is 17.7. The molecule has 0 radical (unpaired) electrons. The molecule has 0 saturated heterocycles. The number of ketones is 1. The van der Waals surface area contributed by atoms with Gasteiger partial charge in [0.1, 0.15) is 11.6 Å². The molecule has 1 aromatic rings. The molecule has 0 spiro atoms.